The maximum atomic E-state index is 4.77. The minimum Gasteiger partial charge on any atom is -0.305 e. The van der Waals surface area contributed by atoms with Gasteiger partial charge in [-0.15, -0.1) is 215 Å². The summed E-state index contributed by atoms with van der Waals surface area (Å²) in [6, 6.07) is 102. The summed E-state index contributed by atoms with van der Waals surface area (Å²) < 4.78 is 0. The maximum absolute atomic E-state index is 4.77. The SMILES string of the molecule is CC(C)Cc1cc(-c2[c-]cccc2)ncc1[Si]1(C)CCC1.C[Si]1(c2ccc(-c3[c-]cccc3)nc2)CCC1.Cc1cc(-c2[c-]cccc2)ncc1[Si]1(C)CCC1.Cc1cc(-c2[c-]cccc2)ncc1[Si]1(C)CCC1.[Ir].[Ir].[Ir].[Ir].[c-]1ccccc1-c1ccccn1.[c-]1ccccc1-c1ccccn1. The van der Waals surface area contributed by atoms with Crippen LogP contribution in [0.15, 0.2) is 250 Å². The zero-order chi connectivity index (χ0) is 68.2. The number of hydrogen-bond donors (Lipinski definition) is 0. The quantitative estimate of drug-likeness (QED) is 0.0896. The van der Waals surface area contributed by atoms with Crippen LogP contribution in [0.25, 0.3) is 67.5 Å². The third kappa shape index (κ3) is 22.1. The van der Waals surface area contributed by atoms with Crippen LogP contribution in [0.5, 0.6) is 0 Å². The van der Waals surface area contributed by atoms with E-state index in [0.717, 1.165) is 67.5 Å². The van der Waals surface area contributed by atoms with Crippen molar-refractivity contribution in [2.75, 3.05) is 0 Å². The van der Waals surface area contributed by atoms with Crippen molar-refractivity contribution in [3.63, 3.8) is 0 Å². The van der Waals surface area contributed by atoms with Crippen molar-refractivity contribution in [2.24, 2.45) is 5.92 Å². The Morgan fingerprint density at radius 1 is 0.314 bits per heavy atom. The van der Waals surface area contributed by atoms with E-state index in [0.29, 0.717) is 5.92 Å². The molecule has 4 aliphatic heterocycles. The number of rotatable bonds is 12. The van der Waals surface area contributed by atoms with E-state index in [4.69, 9.17) is 4.98 Å². The van der Waals surface area contributed by atoms with Crippen LogP contribution in [-0.2, 0) is 86.8 Å². The molecule has 0 unspecified atom stereocenters. The van der Waals surface area contributed by atoms with Gasteiger partial charge in [0.2, 0.25) is 0 Å². The Morgan fingerprint density at radius 3 is 0.873 bits per heavy atom. The molecule has 102 heavy (non-hydrogen) atoms. The number of hydrogen-bond acceptors (Lipinski definition) is 6. The third-order valence-electron chi connectivity index (χ3n) is 20.3. The van der Waals surface area contributed by atoms with E-state index < -0.39 is 32.3 Å². The van der Waals surface area contributed by atoms with Gasteiger partial charge in [0.15, 0.2) is 0 Å². The summed E-state index contributed by atoms with van der Waals surface area (Å²) in [5.41, 5.74) is 17.0. The van der Waals surface area contributed by atoms with Crippen molar-refractivity contribution in [3.8, 4) is 67.5 Å². The van der Waals surface area contributed by atoms with E-state index in [9.17, 15) is 0 Å². The maximum Gasteiger partial charge on any atom is 0.0859 e. The van der Waals surface area contributed by atoms with Gasteiger partial charge >= 0.3 is 0 Å². The molecule has 0 spiro atoms. The van der Waals surface area contributed by atoms with Gasteiger partial charge in [0, 0.05) is 118 Å². The second-order valence-electron chi connectivity index (χ2n) is 28.3. The first-order chi connectivity index (χ1) is 47.7. The number of nitrogens with zero attached hydrogens (tertiary/aromatic N) is 6. The van der Waals surface area contributed by atoms with Gasteiger partial charge in [0.05, 0.1) is 32.3 Å². The fourth-order valence-corrected chi connectivity index (χ4v) is 26.5. The molecule has 0 amide bonds. The fourth-order valence-electron chi connectivity index (χ4n) is 13.7. The molecular weight excluding hydrogens is 2020 g/mol. The Morgan fingerprint density at radius 2 is 0.608 bits per heavy atom. The summed E-state index contributed by atoms with van der Waals surface area (Å²) >= 11 is 0. The van der Waals surface area contributed by atoms with Crippen molar-refractivity contribution >= 4 is 53.0 Å². The van der Waals surface area contributed by atoms with Gasteiger partial charge < -0.3 is 29.9 Å². The smallest absolute Gasteiger partial charge is 0.0859 e. The Labute approximate surface area is 667 Å². The zero-order valence-electron chi connectivity index (χ0n) is 60.0. The second kappa shape index (κ2) is 40.3. The minimum absolute atomic E-state index is 0. The third-order valence-corrected chi connectivity index (χ3v) is 39.1. The molecule has 4 radical (unpaired) electrons. The molecule has 4 fully saturated rings. The molecule has 10 heterocycles. The van der Waals surface area contributed by atoms with Gasteiger partial charge in [-0.1, -0.05) is 185 Å². The number of pyridine rings is 6. The molecule has 6 nitrogen and oxygen atoms in total. The van der Waals surface area contributed by atoms with Crippen LogP contribution in [0.2, 0.25) is 74.5 Å². The number of benzene rings is 6. The summed E-state index contributed by atoms with van der Waals surface area (Å²) in [5, 5.41) is 6.26. The molecule has 0 aliphatic carbocycles. The number of aryl methyl sites for hydroxylation is 2. The Bertz CT molecular complexity index is 4150. The molecule has 6 aromatic heterocycles. The van der Waals surface area contributed by atoms with Gasteiger partial charge in [-0.25, -0.2) is 0 Å². The van der Waals surface area contributed by atoms with Crippen LogP contribution < -0.4 is 20.7 Å². The van der Waals surface area contributed by atoms with Gasteiger partial charge in [-0.2, -0.15) is 0 Å². The number of aromatic nitrogens is 6. The molecule has 4 aliphatic rings. The van der Waals surface area contributed by atoms with Gasteiger partial charge in [0.25, 0.3) is 0 Å². The Balaban J connectivity index is 0.000000172. The first-order valence-electron chi connectivity index (χ1n) is 35.2. The molecule has 4 saturated heterocycles. The van der Waals surface area contributed by atoms with E-state index in [1.807, 2.05) is 152 Å². The molecule has 6 aromatic carbocycles. The van der Waals surface area contributed by atoms with E-state index >= 15 is 0 Å². The van der Waals surface area contributed by atoms with Crippen LogP contribution in [0.1, 0.15) is 56.2 Å². The topological polar surface area (TPSA) is 77.3 Å². The Kier molecular flexibility index (Phi) is 32.7. The van der Waals surface area contributed by atoms with Crippen LogP contribution in [0, 0.1) is 56.2 Å². The average Bonchev–Trinajstić information content (AvgIpc) is 0.782. The fraction of sp³-hybridized carbons (Fsp3) is 0.250. The largest absolute Gasteiger partial charge is 0.305 e. The van der Waals surface area contributed by atoms with Crippen LogP contribution >= 0.6 is 0 Å². The van der Waals surface area contributed by atoms with Crippen molar-refractivity contribution in [2.45, 2.75) is 134 Å². The van der Waals surface area contributed by atoms with E-state index in [1.165, 1.54) is 96.8 Å². The first-order valence-corrected chi connectivity index (χ1v) is 46.9. The van der Waals surface area contributed by atoms with E-state index in [1.54, 1.807) is 33.5 Å². The molecule has 0 N–H and O–H groups in total. The normalized spacial score (nSPS) is 14.7. The van der Waals surface area contributed by atoms with Gasteiger partial charge in [0.1, 0.15) is 0 Å². The summed E-state index contributed by atoms with van der Waals surface area (Å²) in [6.45, 7) is 19.1. The molecular formula is C88H92Ir4N6Si4-6. The van der Waals surface area contributed by atoms with Crippen LogP contribution in [0.4, 0.5) is 0 Å². The molecule has 0 atom stereocenters. The summed E-state index contributed by atoms with van der Waals surface area (Å²) in [7, 11) is -4.48. The van der Waals surface area contributed by atoms with Gasteiger partial charge in [-0.3, -0.25) is 0 Å². The summed E-state index contributed by atoms with van der Waals surface area (Å²) in [6.07, 6.45) is 19.0. The van der Waals surface area contributed by atoms with Gasteiger partial charge in [-0.05, 0) is 93.2 Å². The molecule has 0 saturated carbocycles. The van der Waals surface area contributed by atoms with Crippen molar-refractivity contribution in [3.05, 3.63) is 303 Å². The van der Waals surface area contributed by atoms with Crippen molar-refractivity contribution < 1.29 is 80.4 Å². The predicted octanol–water partition coefficient (Wildman–Crippen LogP) is 19.9. The zero-order valence-corrected chi connectivity index (χ0v) is 73.5. The summed E-state index contributed by atoms with van der Waals surface area (Å²) in [4.78, 5) is 27.1. The molecule has 14 heteroatoms. The first kappa shape index (κ1) is 83.0. The van der Waals surface area contributed by atoms with Crippen molar-refractivity contribution in [1.29, 1.82) is 0 Å². The average molecular weight is 2110 g/mol. The molecule has 532 valence electrons. The molecule has 16 rings (SSSR count). The van der Waals surface area contributed by atoms with Crippen LogP contribution in [-0.4, -0.2) is 62.2 Å². The predicted molar refractivity (Wildman–Crippen MR) is 421 cm³/mol. The molecule has 12 aromatic rings. The molecule has 0 bridgehead atoms. The summed E-state index contributed by atoms with van der Waals surface area (Å²) in [5.74, 6) is 0.691. The van der Waals surface area contributed by atoms with Crippen molar-refractivity contribution in [1.82, 2.24) is 29.9 Å². The van der Waals surface area contributed by atoms with Crippen LogP contribution in [0.3, 0.4) is 0 Å². The second-order valence-corrected chi connectivity index (χ2v) is 46.9. The van der Waals surface area contributed by atoms with E-state index in [-0.39, 0.29) is 80.4 Å². The monoisotopic (exact) mass is 2120 g/mol. The minimum atomic E-state index is -1.18. The Hall–Kier alpha value is -6.32. The standard InChI is InChI=1S/C19H24NSi.2C16H18NSi.C15H16NSi.2C11H8N.4Ir/c1-15(2)12-17-13-18(16-8-5-4-6-9-16)20-14-19(17)21(3)10-7-11-21;2*1-13-11-15(14-7-4-3-5-8-14)17-12-16(13)18(2)9-6-10-18;1-17(10-5-11-17)14-8-9-15(16-12-14)13-6-3-2-4-7-13;2*1-2-6-10(7-3-1)11-8-4-5-9-12-11;;;;/h4-6,8,13-15H,7,10-12H2,1-3H3;2*3-5,7,11-12H,6,9-10H2,1-2H3;2-4,6,8-9,12H,5,10-11H2,1H3;2*1-6,8-9H;;;;/q6*-1;;;;. The van der Waals surface area contributed by atoms with E-state index in [2.05, 4.69) is 201 Å².